The van der Waals surface area contributed by atoms with E-state index in [4.69, 9.17) is 11.6 Å². The van der Waals surface area contributed by atoms with Crippen molar-refractivity contribution in [1.29, 1.82) is 0 Å². The minimum Gasteiger partial charge on any atom is -0.341 e. The van der Waals surface area contributed by atoms with Gasteiger partial charge in [-0.15, -0.1) is 11.6 Å². The summed E-state index contributed by atoms with van der Waals surface area (Å²) >= 11 is 6.07. The Morgan fingerprint density at radius 3 is 2.38 bits per heavy atom. The molecule has 1 amide bonds. The van der Waals surface area contributed by atoms with Crippen LogP contribution in [0.5, 0.6) is 0 Å². The SMILES string of the molecule is O=C(C(Cl)C1CC1)N1CCCCC1. The van der Waals surface area contributed by atoms with Gasteiger partial charge in [0.15, 0.2) is 0 Å². The molecule has 0 aromatic carbocycles. The molecule has 0 bridgehead atoms. The quantitative estimate of drug-likeness (QED) is 0.626. The molecule has 0 spiro atoms. The largest absolute Gasteiger partial charge is 0.341 e. The number of carbonyl (C=O) groups excluding carboxylic acids is 1. The number of hydrogen-bond donors (Lipinski definition) is 0. The van der Waals surface area contributed by atoms with Gasteiger partial charge in [-0.25, -0.2) is 0 Å². The van der Waals surface area contributed by atoms with Crippen LogP contribution in [0, 0.1) is 5.92 Å². The van der Waals surface area contributed by atoms with Gasteiger partial charge in [0.2, 0.25) is 5.91 Å². The molecular weight excluding hydrogens is 186 g/mol. The Morgan fingerprint density at radius 2 is 1.85 bits per heavy atom. The third kappa shape index (κ3) is 2.16. The van der Waals surface area contributed by atoms with Crippen LogP contribution in [-0.4, -0.2) is 29.3 Å². The number of rotatable bonds is 2. The first kappa shape index (κ1) is 9.32. The standard InChI is InChI=1S/C10H16ClNO/c11-9(8-4-5-8)10(13)12-6-2-1-3-7-12/h8-9H,1-7H2. The van der Waals surface area contributed by atoms with Crippen LogP contribution in [0.3, 0.4) is 0 Å². The van der Waals surface area contributed by atoms with E-state index in [1.54, 1.807) is 0 Å². The molecule has 2 fully saturated rings. The van der Waals surface area contributed by atoms with Gasteiger partial charge in [-0.2, -0.15) is 0 Å². The lowest BCUT2D eigenvalue weighted by Gasteiger charge is -2.28. The number of hydrogen-bond acceptors (Lipinski definition) is 1. The first-order valence-electron chi connectivity index (χ1n) is 5.22. The molecule has 3 heteroatoms. The summed E-state index contributed by atoms with van der Waals surface area (Å²) in [5, 5.41) is -0.224. The van der Waals surface area contributed by atoms with Gasteiger partial charge in [0.1, 0.15) is 5.38 Å². The zero-order valence-corrected chi connectivity index (χ0v) is 8.59. The molecule has 0 N–H and O–H groups in total. The summed E-state index contributed by atoms with van der Waals surface area (Å²) in [6.45, 7) is 1.85. The van der Waals surface area contributed by atoms with Crippen LogP contribution >= 0.6 is 11.6 Å². The van der Waals surface area contributed by atoms with Crippen LogP contribution in [-0.2, 0) is 4.79 Å². The van der Waals surface area contributed by atoms with Crippen molar-refractivity contribution < 1.29 is 4.79 Å². The van der Waals surface area contributed by atoms with E-state index < -0.39 is 0 Å². The van der Waals surface area contributed by atoms with E-state index in [9.17, 15) is 4.79 Å². The third-order valence-electron chi connectivity index (χ3n) is 2.94. The van der Waals surface area contributed by atoms with Gasteiger partial charge in [0, 0.05) is 13.1 Å². The second kappa shape index (κ2) is 3.87. The molecule has 2 aliphatic rings. The van der Waals surface area contributed by atoms with Crippen LogP contribution in [0.1, 0.15) is 32.1 Å². The Bertz CT molecular complexity index is 197. The summed E-state index contributed by atoms with van der Waals surface area (Å²) in [4.78, 5) is 13.7. The third-order valence-corrected chi connectivity index (χ3v) is 3.48. The maximum atomic E-state index is 11.8. The number of carbonyl (C=O) groups is 1. The van der Waals surface area contributed by atoms with Crippen LogP contribution in [0.15, 0.2) is 0 Å². The second-order valence-electron chi connectivity index (χ2n) is 4.13. The van der Waals surface area contributed by atoms with E-state index in [0.717, 1.165) is 38.8 Å². The topological polar surface area (TPSA) is 20.3 Å². The molecule has 13 heavy (non-hydrogen) atoms. The van der Waals surface area contributed by atoms with Crippen molar-refractivity contribution in [2.75, 3.05) is 13.1 Å². The molecular formula is C10H16ClNO. The second-order valence-corrected chi connectivity index (χ2v) is 4.60. The maximum absolute atomic E-state index is 11.8. The highest BCUT2D eigenvalue weighted by Crippen LogP contribution is 2.36. The fourth-order valence-corrected chi connectivity index (χ4v) is 2.27. The van der Waals surface area contributed by atoms with Crippen molar-refractivity contribution in [3.63, 3.8) is 0 Å². The average Bonchev–Trinajstić information content (AvgIpc) is 3.00. The zero-order valence-electron chi connectivity index (χ0n) is 7.84. The Hall–Kier alpha value is -0.240. The van der Waals surface area contributed by atoms with Gasteiger partial charge in [0.25, 0.3) is 0 Å². The predicted molar refractivity (Wildman–Crippen MR) is 52.8 cm³/mol. The number of alkyl halides is 1. The summed E-state index contributed by atoms with van der Waals surface area (Å²) in [6, 6.07) is 0. The van der Waals surface area contributed by atoms with Gasteiger partial charge >= 0.3 is 0 Å². The normalized spacial score (nSPS) is 25.8. The molecule has 74 valence electrons. The fourth-order valence-electron chi connectivity index (χ4n) is 1.88. The molecule has 2 nitrogen and oxygen atoms in total. The molecule has 0 aromatic heterocycles. The van der Waals surface area contributed by atoms with Gasteiger partial charge < -0.3 is 4.90 Å². The predicted octanol–water partition coefficient (Wildman–Crippen LogP) is 2.02. The number of halogens is 1. The van der Waals surface area contributed by atoms with Crippen LogP contribution in [0.25, 0.3) is 0 Å². The van der Waals surface area contributed by atoms with Crippen molar-refractivity contribution >= 4 is 17.5 Å². The lowest BCUT2D eigenvalue weighted by atomic mass is 10.1. The summed E-state index contributed by atoms with van der Waals surface area (Å²) in [6.07, 6.45) is 5.86. The van der Waals surface area contributed by atoms with Crippen LogP contribution in [0.2, 0.25) is 0 Å². The van der Waals surface area contributed by atoms with Gasteiger partial charge in [0.05, 0.1) is 0 Å². The first-order valence-corrected chi connectivity index (χ1v) is 5.65. The maximum Gasteiger partial charge on any atom is 0.240 e. The molecule has 0 aromatic rings. The Kier molecular flexibility index (Phi) is 2.77. The smallest absolute Gasteiger partial charge is 0.240 e. The fraction of sp³-hybridized carbons (Fsp3) is 0.900. The lowest BCUT2D eigenvalue weighted by molar-refractivity contribution is -0.132. The Morgan fingerprint density at radius 1 is 1.23 bits per heavy atom. The molecule has 0 radical (unpaired) electrons. The minimum atomic E-state index is -0.224. The molecule has 1 unspecified atom stereocenters. The van der Waals surface area contributed by atoms with Crippen molar-refractivity contribution in [3.8, 4) is 0 Å². The monoisotopic (exact) mass is 201 g/mol. The average molecular weight is 202 g/mol. The van der Waals surface area contributed by atoms with E-state index in [1.807, 2.05) is 4.90 Å². The molecule has 1 saturated heterocycles. The van der Waals surface area contributed by atoms with Crippen molar-refractivity contribution in [2.24, 2.45) is 5.92 Å². The van der Waals surface area contributed by atoms with Crippen LogP contribution in [0.4, 0.5) is 0 Å². The van der Waals surface area contributed by atoms with Crippen molar-refractivity contribution in [2.45, 2.75) is 37.5 Å². The summed E-state index contributed by atoms with van der Waals surface area (Å²) in [5.41, 5.74) is 0. The number of nitrogens with zero attached hydrogens (tertiary/aromatic N) is 1. The van der Waals surface area contributed by atoms with Crippen LogP contribution < -0.4 is 0 Å². The molecule has 2 rings (SSSR count). The molecule has 1 aliphatic carbocycles. The molecule has 1 aliphatic heterocycles. The van der Waals surface area contributed by atoms with E-state index >= 15 is 0 Å². The highest BCUT2D eigenvalue weighted by atomic mass is 35.5. The number of piperidine rings is 1. The lowest BCUT2D eigenvalue weighted by Crippen LogP contribution is -2.40. The minimum absolute atomic E-state index is 0.184. The van der Waals surface area contributed by atoms with Crippen molar-refractivity contribution in [3.05, 3.63) is 0 Å². The number of likely N-dealkylation sites (tertiary alicyclic amines) is 1. The van der Waals surface area contributed by atoms with Gasteiger partial charge in [-0.1, -0.05) is 0 Å². The van der Waals surface area contributed by atoms with Gasteiger partial charge in [-0.3, -0.25) is 4.79 Å². The summed E-state index contributed by atoms with van der Waals surface area (Å²) in [7, 11) is 0. The van der Waals surface area contributed by atoms with Gasteiger partial charge in [-0.05, 0) is 38.0 Å². The van der Waals surface area contributed by atoms with E-state index in [2.05, 4.69) is 0 Å². The molecule has 1 heterocycles. The summed E-state index contributed by atoms with van der Waals surface area (Å²) in [5.74, 6) is 0.667. The highest BCUT2D eigenvalue weighted by Gasteiger charge is 2.36. The highest BCUT2D eigenvalue weighted by molar-refractivity contribution is 6.31. The Balaban J connectivity index is 1.86. The molecule has 1 saturated carbocycles. The van der Waals surface area contributed by atoms with E-state index in [1.165, 1.54) is 6.42 Å². The van der Waals surface area contributed by atoms with Crippen molar-refractivity contribution in [1.82, 2.24) is 4.90 Å². The summed E-state index contributed by atoms with van der Waals surface area (Å²) < 4.78 is 0. The number of amides is 1. The van der Waals surface area contributed by atoms with E-state index in [0.29, 0.717) is 5.92 Å². The van der Waals surface area contributed by atoms with E-state index in [-0.39, 0.29) is 11.3 Å². The Labute approximate surface area is 84.2 Å². The zero-order chi connectivity index (χ0) is 9.26. The molecule has 1 atom stereocenters. The first-order chi connectivity index (χ1) is 6.29.